The molecule has 3 rings (SSSR count). The Morgan fingerprint density at radius 2 is 1.68 bits per heavy atom. The Morgan fingerprint density at radius 3 is 2.32 bits per heavy atom. The fourth-order valence-corrected chi connectivity index (χ4v) is 2.86. The number of halogens is 2. The summed E-state index contributed by atoms with van der Waals surface area (Å²) in [5.74, 6) is 0.578. The Bertz CT molecular complexity index is 800. The van der Waals surface area contributed by atoms with Gasteiger partial charge in [-0.15, -0.1) is 0 Å². The molecule has 0 aliphatic heterocycles. The van der Waals surface area contributed by atoms with Crippen LogP contribution in [-0.4, -0.2) is 5.96 Å². The summed E-state index contributed by atoms with van der Waals surface area (Å²) >= 11 is 12.1. The lowest BCUT2D eigenvalue weighted by Crippen LogP contribution is -2.24. The van der Waals surface area contributed by atoms with Crippen LogP contribution in [0.3, 0.4) is 0 Å². The predicted octanol–water partition coefficient (Wildman–Crippen LogP) is 4.10. The van der Waals surface area contributed by atoms with E-state index in [2.05, 4.69) is 4.99 Å². The van der Waals surface area contributed by atoms with Crippen molar-refractivity contribution in [3.63, 3.8) is 0 Å². The van der Waals surface area contributed by atoms with Gasteiger partial charge in [0, 0.05) is 15.4 Å². The summed E-state index contributed by atoms with van der Waals surface area (Å²) in [5, 5.41) is 1.99. The zero-order valence-corrected chi connectivity index (χ0v) is 13.0. The first-order valence-electron chi connectivity index (χ1n) is 6.56. The molecule has 0 saturated heterocycles. The molecule has 0 bridgehead atoms. The maximum absolute atomic E-state index is 6.07. The van der Waals surface area contributed by atoms with Gasteiger partial charge in [-0.3, -0.25) is 0 Å². The SMILES string of the molecule is NC(N)=NC(c1cc(Cl)cc(Cl)c1)c1cc2ccccc2o1. The molecule has 1 unspecified atom stereocenters. The summed E-state index contributed by atoms with van der Waals surface area (Å²) in [5.41, 5.74) is 12.6. The Labute approximate surface area is 137 Å². The molecule has 6 heteroatoms. The van der Waals surface area contributed by atoms with E-state index in [4.69, 9.17) is 39.1 Å². The standard InChI is InChI=1S/C16H13Cl2N3O/c17-11-5-10(6-12(18)8-11)15(21-16(19)20)14-7-9-3-1-2-4-13(9)22-14/h1-8,15H,(H4,19,20,21). The van der Waals surface area contributed by atoms with Gasteiger partial charge in [-0.05, 0) is 35.9 Å². The number of fused-ring (bicyclic) bond motifs is 1. The maximum atomic E-state index is 6.07. The Kier molecular flexibility index (Phi) is 3.96. The normalized spacial score (nSPS) is 12.3. The number of para-hydroxylation sites is 1. The lowest BCUT2D eigenvalue weighted by Gasteiger charge is -2.11. The van der Waals surface area contributed by atoms with Crippen molar-refractivity contribution in [1.29, 1.82) is 0 Å². The van der Waals surface area contributed by atoms with Crippen molar-refractivity contribution in [2.45, 2.75) is 6.04 Å². The van der Waals surface area contributed by atoms with Crippen LogP contribution in [0, 0.1) is 0 Å². The van der Waals surface area contributed by atoms with Gasteiger partial charge in [0.15, 0.2) is 5.96 Å². The molecule has 0 aliphatic rings. The number of benzene rings is 2. The van der Waals surface area contributed by atoms with Gasteiger partial charge in [0.25, 0.3) is 0 Å². The van der Waals surface area contributed by atoms with E-state index in [1.54, 1.807) is 18.2 Å². The Balaban J connectivity index is 2.15. The van der Waals surface area contributed by atoms with Gasteiger partial charge >= 0.3 is 0 Å². The molecule has 1 atom stereocenters. The average molecular weight is 334 g/mol. The Morgan fingerprint density at radius 1 is 1.00 bits per heavy atom. The molecule has 2 aromatic carbocycles. The van der Waals surface area contributed by atoms with Gasteiger partial charge in [-0.2, -0.15) is 0 Å². The second-order valence-corrected chi connectivity index (χ2v) is 5.72. The van der Waals surface area contributed by atoms with Crippen LogP contribution in [-0.2, 0) is 0 Å². The van der Waals surface area contributed by atoms with E-state index in [0.29, 0.717) is 15.8 Å². The molecule has 1 aromatic heterocycles. The smallest absolute Gasteiger partial charge is 0.186 e. The first-order chi connectivity index (χ1) is 10.5. The lowest BCUT2D eigenvalue weighted by molar-refractivity contribution is 0.526. The van der Waals surface area contributed by atoms with Crippen LogP contribution in [0.5, 0.6) is 0 Å². The van der Waals surface area contributed by atoms with E-state index in [0.717, 1.165) is 16.5 Å². The van der Waals surface area contributed by atoms with E-state index >= 15 is 0 Å². The lowest BCUT2D eigenvalue weighted by atomic mass is 10.0. The van der Waals surface area contributed by atoms with Gasteiger partial charge in [-0.25, -0.2) is 4.99 Å². The van der Waals surface area contributed by atoms with E-state index in [1.807, 2.05) is 30.3 Å². The van der Waals surface area contributed by atoms with Crippen LogP contribution in [0.2, 0.25) is 10.0 Å². The minimum atomic E-state index is -0.506. The molecular formula is C16H13Cl2N3O. The predicted molar refractivity (Wildman–Crippen MR) is 90.3 cm³/mol. The highest BCUT2D eigenvalue weighted by Crippen LogP contribution is 2.33. The Hall–Kier alpha value is -2.17. The van der Waals surface area contributed by atoms with Crippen molar-refractivity contribution in [2.75, 3.05) is 0 Å². The molecular weight excluding hydrogens is 321 g/mol. The highest BCUT2D eigenvalue weighted by Gasteiger charge is 2.19. The molecule has 22 heavy (non-hydrogen) atoms. The minimum absolute atomic E-state index is 0.0402. The molecule has 4 N–H and O–H groups in total. The van der Waals surface area contributed by atoms with Crippen LogP contribution >= 0.6 is 23.2 Å². The number of furan rings is 1. The fourth-order valence-electron chi connectivity index (χ4n) is 2.32. The summed E-state index contributed by atoms with van der Waals surface area (Å²) < 4.78 is 5.86. The number of guanidine groups is 1. The summed E-state index contributed by atoms with van der Waals surface area (Å²) in [6.45, 7) is 0. The number of hydrogen-bond acceptors (Lipinski definition) is 2. The largest absolute Gasteiger partial charge is 0.458 e. The average Bonchev–Trinajstić information content (AvgIpc) is 2.87. The molecule has 0 spiro atoms. The van der Waals surface area contributed by atoms with E-state index < -0.39 is 6.04 Å². The summed E-state index contributed by atoms with van der Waals surface area (Å²) in [4.78, 5) is 4.26. The molecule has 0 radical (unpaired) electrons. The summed E-state index contributed by atoms with van der Waals surface area (Å²) in [7, 11) is 0. The molecule has 0 aliphatic carbocycles. The number of rotatable bonds is 3. The molecule has 1 heterocycles. The highest BCUT2D eigenvalue weighted by molar-refractivity contribution is 6.34. The monoisotopic (exact) mass is 333 g/mol. The van der Waals surface area contributed by atoms with Crippen molar-refractivity contribution in [3.05, 3.63) is 69.9 Å². The highest BCUT2D eigenvalue weighted by atomic mass is 35.5. The fraction of sp³-hybridized carbons (Fsp3) is 0.0625. The molecule has 112 valence electrons. The van der Waals surface area contributed by atoms with Crippen LogP contribution < -0.4 is 11.5 Å². The third kappa shape index (κ3) is 3.03. The maximum Gasteiger partial charge on any atom is 0.186 e. The number of nitrogens with zero attached hydrogens (tertiary/aromatic N) is 1. The van der Waals surface area contributed by atoms with Crippen LogP contribution in [0.1, 0.15) is 17.4 Å². The second-order valence-electron chi connectivity index (χ2n) is 4.85. The van der Waals surface area contributed by atoms with Crippen molar-refractivity contribution in [2.24, 2.45) is 16.5 Å². The van der Waals surface area contributed by atoms with Crippen molar-refractivity contribution in [3.8, 4) is 0 Å². The minimum Gasteiger partial charge on any atom is -0.458 e. The van der Waals surface area contributed by atoms with E-state index in [9.17, 15) is 0 Å². The third-order valence-electron chi connectivity index (χ3n) is 3.19. The van der Waals surface area contributed by atoms with Crippen LogP contribution in [0.25, 0.3) is 11.0 Å². The summed E-state index contributed by atoms with van der Waals surface area (Å²) in [6, 6.07) is 14.3. The quantitative estimate of drug-likeness (QED) is 0.559. The first-order valence-corrected chi connectivity index (χ1v) is 7.32. The molecule has 0 amide bonds. The second kappa shape index (κ2) is 5.91. The number of hydrogen-bond donors (Lipinski definition) is 2. The molecule has 0 fully saturated rings. The van der Waals surface area contributed by atoms with Gasteiger partial charge in [-0.1, -0.05) is 41.4 Å². The van der Waals surface area contributed by atoms with Crippen molar-refractivity contribution < 1.29 is 4.42 Å². The van der Waals surface area contributed by atoms with Crippen LogP contribution in [0.15, 0.2) is 57.9 Å². The number of aliphatic imine (C=N–C) groups is 1. The zero-order chi connectivity index (χ0) is 15.7. The van der Waals surface area contributed by atoms with Gasteiger partial charge in [0.1, 0.15) is 17.4 Å². The van der Waals surface area contributed by atoms with Gasteiger partial charge < -0.3 is 15.9 Å². The molecule has 4 nitrogen and oxygen atoms in total. The summed E-state index contributed by atoms with van der Waals surface area (Å²) in [6.07, 6.45) is 0. The third-order valence-corrected chi connectivity index (χ3v) is 3.63. The number of nitrogens with two attached hydrogens (primary N) is 2. The first kappa shape index (κ1) is 14.8. The topological polar surface area (TPSA) is 77.5 Å². The molecule has 3 aromatic rings. The van der Waals surface area contributed by atoms with Gasteiger partial charge in [0.2, 0.25) is 0 Å². The van der Waals surface area contributed by atoms with Crippen LogP contribution in [0.4, 0.5) is 0 Å². The van der Waals surface area contributed by atoms with Gasteiger partial charge in [0.05, 0.1) is 0 Å². The van der Waals surface area contributed by atoms with E-state index in [-0.39, 0.29) is 5.96 Å². The molecule has 0 saturated carbocycles. The zero-order valence-electron chi connectivity index (χ0n) is 11.5. The van der Waals surface area contributed by atoms with Crippen molar-refractivity contribution in [1.82, 2.24) is 0 Å². The van der Waals surface area contributed by atoms with Crippen molar-refractivity contribution >= 4 is 40.1 Å². The van der Waals surface area contributed by atoms with E-state index in [1.165, 1.54) is 0 Å².